The van der Waals surface area contributed by atoms with Crippen molar-refractivity contribution in [2.24, 2.45) is 11.8 Å². The second-order valence-corrected chi connectivity index (χ2v) is 8.53. The molecule has 3 atom stereocenters. The van der Waals surface area contributed by atoms with Gasteiger partial charge < -0.3 is 28.4 Å². The lowest BCUT2D eigenvalue weighted by molar-refractivity contribution is -0.149. The molecule has 0 bridgehead atoms. The lowest BCUT2D eigenvalue weighted by Gasteiger charge is -2.32. The van der Waals surface area contributed by atoms with Crippen molar-refractivity contribution >= 4 is 11.9 Å². The number of esters is 2. The van der Waals surface area contributed by atoms with Crippen LogP contribution < -0.4 is 18.9 Å². The van der Waals surface area contributed by atoms with Gasteiger partial charge in [0, 0.05) is 22.6 Å². The Morgan fingerprint density at radius 3 is 2.31 bits per heavy atom. The predicted molar refractivity (Wildman–Crippen MR) is 128 cm³/mol. The second kappa shape index (κ2) is 9.90. The molecule has 1 fully saturated rings. The Balaban J connectivity index is 2.06. The summed E-state index contributed by atoms with van der Waals surface area (Å²) in [6.07, 6.45) is 1.31. The monoisotopic (exact) mass is 482 g/mol. The highest BCUT2D eigenvalue weighted by molar-refractivity contribution is 5.89. The molecule has 186 valence electrons. The minimum atomic E-state index is -0.771. The van der Waals surface area contributed by atoms with E-state index in [9.17, 15) is 9.59 Å². The number of cyclic esters (lactones) is 1. The number of rotatable bonds is 6. The zero-order valence-electron chi connectivity index (χ0n) is 20.8. The number of allylic oxidation sites excluding steroid dienone is 1. The molecule has 0 amide bonds. The first-order valence-corrected chi connectivity index (χ1v) is 11.4. The maximum absolute atomic E-state index is 13.0. The third kappa shape index (κ3) is 4.17. The number of benzene rings is 2. The zero-order chi connectivity index (χ0) is 25.3. The van der Waals surface area contributed by atoms with Crippen LogP contribution in [0.3, 0.4) is 0 Å². The maximum Gasteiger partial charge on any atom is 0.333 e. The van der Waals surface area contributed by atoms with E-state index in [0.29, 0.717) is 40.6 Å². The van der Waals surface area contributed by atoms with Gasteiger partial charge in [0.1, 0.15) is 6.10 Å². The molecule has 8 heteroatoms. The molecule has 2 aliphatic rings. The van der Waals surface area contributed by atoms with E-state index >= 15 is 0 Å². The van der Waals surface area contributed by atoms with Crippen LogP contribution in [0.25, 0.3) is 11.1 Å². The Bertz CT molecular complexity index is 1180. The molecular formula is C27H30O8. The Morgan fingerprint density at radius 2 is 1.69 bits per heavy atom. The SMILES string of the molecule is CC=C(C)C(=O)OC1c2cc(OC)c(OC)cc2-c2c(ccc(OC)c2OC)CC2C(=O)OCC21. The van der Waals surface area contributed by atoms with Crippen molar-refractivity contribution in [1.82, 2.24) is 0 Å². The summed E-state index contributed by atoms with van der Waals surface area (Å²) in [6, 6.07) is 7.39. The van der Waals surface area contributed by atoms with Crippen LogP contribution in [0.5, 0.6) is 23.0 Å². The van der Waals surface area contributed by atoms with Crippen LogP contribution in [0.2, 0.25) is 0 Å². The van der Waals surface area contributed by atoms with Gasteiger partial charge in [-0.05, 0) is 49.6 Å². The molecule has 1 aliphatic carbocycles. The van der Waals surface area contributed by atoms with Gasteiger partial charge in [-0.3, -0.25) is 4.79 Å². The normalized spacial score (nSPS) is 20.9. The Kier molecular flexibility index (Phi) is 6.91. The Morgan fingerprint density at radius 1 is 1.00 bits per heavy atom. The van der Waals surface area contributed by atoms with Gasteiger partial charge in [-0.25, -0.2) is 4.79 Å². The van der Waals surface area contributed by atoms with Crippen LogP contribution in [0.15, 0.2) is 35.9 Å². The van der Waals surface area contributed by atoms with Gasteiger partial charge >= 0.3 is 11.9 Å². The molecule has 1 aliphatic heterocycles. The molecule has 0 aromatic heterocycles. The van der Waals surface area contributed by atoms with Crippen molar-refractivity contribution in [2.75, 3.05) is 35.0 Å². The minimum Gasteiger partial charge on any atom is -0.493 e. The fourth-order valence-electron chi connectivity index (χ4n) is 4.83. The van der Waals surface area contributed by atoms with Crippen molar-refractivity contribution in [3.8, 4) is 34.1 Å². The molecule has 2 aromatic carbocycles. The van der Waals surface area contributed by atoms with E-state index in [1.54, 1.807) is 54.4 Å². The van der Waals surface area contributed by atoms with Gasteiger partial charge in [-0.15, -0.1) is 0 Å². The van der Waals surface area contributed by atoms with Crippen molar-refractivity contribution in [2.45, 2.75) is 26.4 Å². The molecule has 8 nitrogen and oxygen atoms in total. The van der Waals surface area contributed by atoms with E-state index in [1.165, 1.54) is 0 Å². The second-order valence-electron chi connectivity index (χ2n) is 8.53. The first-order chi connectivity index (χ1) is 16.9. The summed E-state index contributed by atoms with van der Waals surface area (Å²) >= 11 is 0. The lowest BCUT2D eigenvalue weighted by atomic mass is 9.76. The average molecular weight is 483 g/mol. The van der Waals surface area contributed by atoms with Crippen LogP contribution in [0.4, 0.5) is 0 Å². The highest BCUT2D eigenvalue weighted by Crippen LogP contribution is 2.52. The predicted octanol–water partition coefficient (Wildman–Crippen LogP) is 4.28. The number of carbonyl (C=O) groups is 2. The molecule has 3 unspecified atom stereocenters. The van der Waals surface area contributed by atoms with Gasteiger partial charge in [-0.2, -0.15) is 0 Å². The molecule has 35 heavy (non-hydrogen) atoms. The summed E-state index contributed by atoms with van der Waals surface area (Å²) in [5.74, 6) is 0.368. The molecule has 0 N–H and O–H groups in total. The molecular weight excluding hydrogens is 452 g/mol. The summed E-state index contributed by atoms with van der Waals surface area (Å²) in [7, 11) is 6.23. The van der Waals surface area contributed by atoms with E-state index in [2.05, 4.69) is 0 Å². The molecule has 0 spiro atoms. The van der Waals surface area contributed by atoms with Gasteiger partial charge in [0.25, 0.3) is 0 Å². The van der Waals surface area contributed by atoms with Crippen LogP contribution in [0, 0.1) is 11.8 Å². The quantitative estimate of drug-likeness (QED) is 0.445. The smallest absolute Gasteiger partial charge is 0.333 e. The summed E-state index contributed by atoms with van der Waals surface area (Å²) in [5.41, 5.74) is 3.50. The van der Waals surface area contributed by atoms with E-state index in [-0.39, 0.29) is 18.5 Å². The standard InChI is InChI=1S/C27H30O8/c1-7-14(2)26(28)35-24-17-12-22(32-5)21(31-4)11-16(17)23-15(8-9-20(30-3)25(23)33-6)10-18-19(24)13-34-27(18)29/h7-9,11-12,18-19,24H,10,13H2,1-6H3. The molecule has 1 saturated heterocycles. The van der Waals surface area contributed by atoms with E-state index in [0.717, 1.165) is 16.7 Å². The van der Waals surface area contributed by atoms with Crippen molar-refractivity contribution < 1.29 is 38.0 Å². The minimum absolute atomic E-state index is 0.146. The molecule has 4 rings (SSSR count). The number of fused-ring (bicyclic) bond motifs is 4. The van der Waals surface area contributed by atoms with Crippen LogP contribution >= 0.6 is 0 Å². The number of methoxy groups -OCH3 is 4. The molecule has 0 radical (unpaired) electrons. The third-order valence-electron chi connectivity index (χ3n) is 6.82. The number of carbonyl (C=O) groups excluding carboxylic acids is 2. The van der Waals surface area contributed by atoms with Gasteiger partial charge in [-0.1, -0.05) is 12.1 Å². The average Bonchev–Trinajstić information content (AvgIpc) is 3.23. The number of hydrogen-bond acceptors (Lipinski definition) is 8. The zero-order valence-corrected chi connectivity index (χ0v) is 20.8. The summed E-state index contributed by atoms with van der Waals surface area (Å²) in [5, 5.41) is 0. The molecule has 1 heterocycles. The van der Waals surface area contributed by atoms with Crippen molar-refractivity contribution in [3.05, 3.63) is 47.0 Å². The van der Waals surface area contributed by atoms with E-state index in [1.807, 2.05) is 18.2 Å². The van der Waals surface area contributed by atoms with Crippen molar-refractivity contribution in [3.63, 3.8) is 0 Å². The largest absolute Gasteiger partial charge is 0.493 e. The highest BCUT2D eigenvalue weighted by atomic mass is 16.6. The van der Waals surface area contributed by atoms with E-state index in [4.69, 9.17) is 28.4 Å². The lowest BCUT2D eigenvalue weighted by Crippen LogP contribution is -2.30. The van der Waals surface area contributed by atoms with Crippen LogP contribution in [-0.2, 0) is 25.5 Å². The van der Waals surface area contributed by atoms with Gasteiger partial charge in [0.2, 0.25) is 0 Å². The van der Waals surface area contributed by atoms with Crippen LogP contribution in [0.1, 0.15) is 31.1 Å². The molecule has 0 saturated carbocycles. The number of ether oxygens (including phenoxy) is 6. The van der Waals surface area contributed by atoms with Gasteiger partial charge in [0.05, 0.1) is 41.0 Å². The number of hydrogen-bond donors (Lipinski definition) is 0. The fraction of sp³-hybridized carbons (Fsp3) is 0.407. The third-order valence-corrected chi connectivity index (χ3v) is 6.82. The summed E-state index contributed by atoms with van der Waals surface area (Å²) in [6.45, 7) is 3.61. The fourth-order valence-corrected chi connectivity index (χ4v) is 4.83. The first kappa shape index (κ1) is 24.4. The summed E-state index contributed by atoms with van der Waals surface area (Å²) < 4.78 is 34.1. The Labute approximate surface area is 204 Å². The maximum atomic E-state index is 13.0. The first-order valence-electron chi connectivity index (χ1n) is 11.4. The Hall–Kier alpha value is -3.68. The summed E-state index contributed by atoms with van der Waals surface area (Å²) in [4.78, 5) is 25.8. The van der Waals surface area contributed by atoms with Gasteiger partial charge in [0.15, 0.2) is 23.0 Å². The topological polar surface area (TPSA) is 89.5 Å². The van der Waals surface area contributed by atoms with Crippen LogP contribution in [-0.4, -0.2) is 47.0 Å². The van der Waals surface area contributed by atoms with Crippen molar-refractivity contribution in [1.29, 1.82) is 0 Å². The van der Waals surface area contributed by atoms with E-state index < -0.39 is 18.0 Å². The molecule has 2 aromatic rings. The highest BCUT2D eigenvalue weighted by Gasteiger charge is 2.47.